The molecule has 1 aromatic heterocycles. The molecular weight excluding hydrogens is 408 g/mol. The molecule has 0 unspecified atom stereocenters. The molecule has 0 saturated carbocycles. The number of amides is 2. The van der Waals surface area contributed by atoms with Crippen LogP contribution in [0.25, 0.3) is 11.1 Å². The molecule has 0 fully saturated rings. The smallest absolute Gasteiger partial charge is 0.322 e. The van der Waals surface area contributed by atoms with Gasteiger partial charge in [0.15, 0.2) is 0 Å². The van der Waals surface area contributed by atoms with Crippen LogP contribution in [0.3, 0.4) is 0 Å². The number of aliphatic hydroxyl groups is 1. The van der Waals surface area contributed by atoms with Crippen molar-refractivity contribution in [2.24, 2.45) is 5.73 Å². The van der Waals surface area contributed by atoms with Gasteiger partial charge in [0.05, 0.1) is 18.4 Å². The number of carbonyl (C=O) groups is 1. The van der Waals surface area contributed by atoms with E-state index in [0.29, 0.717) is 18.9 Å². The molecule has 0 aliphatic heterocycles. The highest BCUT2D eigenvalue weighted by Gasteiger charge is 2.18. The van der Waals surface area contributed by atoms with Gasteiger partial charge in [0.1, 0.15) is 24.0 Å². The molecule has 0 spiro atoms. The van der Waals surface area contributed by atoms with E-state index in [9.17, 15) is 18.7 Å². The Hall–Kier alpha value is -3.50. The molecule has 164 valence electrons. The minimum atomic E-state index is -0.838. The minimum absolute atomic E-state index is 0.0256. The number of aromatic amines is 1. The van der Waals surface area contributed by atoms with E-state index in [-0.39, 0.29) is 36.5 Å². The van der Waals surface area contributed by atoms with Crippen LogP contribution < -0.4 is 15.8 Å². The molecule has 0 bridgehead atoms. The van der Waals surface area contributed by atoms with Gasteiger partial charge < -0.3 is 25.8 Å². The number of nitrogens with zero attached hydrogens (tertiary/aromatic N) is 2. The fraction of sp³-hybridized carbons (Fsp3) is 0.238. The number of urea groups is 1. The SMILES string of the molecule is NCCOc1cccc(CN(CCO)C(=O)Nc2cc(F)c(-c3cn[nH]c3)c(F)c2)c1. The van der Waals surface area contributed by atoms with Crippen LogP contribution in [0, 0.1) is 11.6 Å². The summed E-state index contributed by atoms with van der Waals surface area (Å²) in [7, 11) is 0. The van der Waals surface area contributed by atoms with E-state index in [1.807, 2.05) is 0 Å². The lowest BCUT2D eigenvalue weighted by molar-refractivity contribution is 0.185. The summed E-state index contributed by atoms with van der Waals surface area (Å²) in [5, 5.41) is 18.0. The van der Waals surface area contributed by atoms with E-state index < -0.39 is 17.7 Å². The van der Waals surface area contributed by atoms with Crippen molar-refractivity contribution in [1.82, 2.24) is 15.1 Å². The third-order valence-electron chi connectivity index (χ3n) is 4.40. The Morgan fingerprint density at radius 2 is 2.03 bits per heavy atom. The molecule has 2 amide bonds. The number of hydrogen-bond acceptors (Lipinski definition) is 5. The lowest BCUT2D eigenvalue weighted by atomic mass is 10.1. The Morgan fingerprint density at radius 3 is 2.68 bits per heavy atom. The molecule has 0 aliphatic carbocycles. The fourth-order valence-electron chi connectivity index (χ4n) is 3.02. The van der Waals surface area contributed by atoms with Gasteiger partial charge in [-0.2, -0.15) is 5.10 Å². The lowest BCUT2D eigenvalue weighted by Crippen LogP contribution is -2.36. The van der Waals surface area contributed by atoms with Crippen molar-refractivity contribution in [1.29, 1.82) is 0 Å². The lowest BCUT2D eigenvalue weighted by Gasteiger charge is -2.23. The number of benzene rings is 2. The number of carbonyl (C=O) groups excluding carboxylic acids is 1. The van der Waals surface area contributed by atoms with Crippen molar-refractivity contribution in [2.45, 2.75) is 6.54 Å². The molecule has 5 N–H and O–H groups in total. The van der Waals surface area contributed by atoms with Crippen molar-refractivity contribution in [3.05, 3.63) is 66.0 Å². The Balaban J connectivity index is 1.74. The predicted molar refractivity (Wildman–Crippen MR) is 111 cm³/mol. The zero-order valence-electron chi connectivity index (χ0n) is 16.6. The largest absolute Gasteiger partial charge is 0.492 e. The molecule has 0 aliphatic rings. The number of hydrogen-bond donors (Lipinski definition) is 4. The summed E-state index contributed by atoms with van der Waals surface area (Å²) in [6.07, 6.45) is 2.67. The summed E-state index contributed by atoms with van der Waals surface area (Å²) in [4.78, 5) is 14.0. The second-order valence-corrected chi connectivity index (χ2v) is 6.66. The van der Waals surface area contributed by atoms with E-state index in [1.54, 1.807) is 24.3 Å². The Labute approximate surface area is 177 Å². The first-order valence-corrected chi connectivity index (χ1v) is 9.58. The highest BCUT2D eigenvalue weighted by molar-refractivity contribution is 5.89. The summed E-state index contributed by atoms with van der Waals surface area (Å²) in [6.45, 7) is 0.632. The number of rotatable bonds is 9. The molecule has 2 aromatic carbocycles. The standard InChI is InChI=1S/C21H23F2N5O3/c22-18-9-16(10-19(23)20(18)15-11-25-26-12-15)27-21(30)28(5-6-29)13-14-2-1-3-17(8-14)31-7-4-24/h1-3,8-12,29H,4-7,13,24H2,(H,25,26)(H,27,30). The van der Waals surface area contributed by atoms with Crippen LogP contribution in [0.2, 0.25) is 0 Å². The average Bonchev–Trinajstić information content (AvgIpc) is 3.26. The fourth-order valence-corrected chi connectivity index (χ4v) is 3.02. The van der Waals surface area contributed by atoms with Gasteiger partial charge in [-0.1, -0.05) is 12.1 Å². The number of nitrogens with two attached hydrogens (primary N) is 1. The maximum atomic E-state index is 14.5. The molecule has 8 nitrogen and oxygen atoms in total. The van der Waals surface area contributed by atoms with Crippen LogP contribution in [-0.4, -0.2) is 52.5 Å². The first kappa shape index (κ1) is 22.2. The van der Waals surface area contributed by atoms with Crippen molar-refractivity contribution in [3.63, 3.8) is 0 Å². The van der Waals surface area contributed by atoms with E-state index in [0.717, 1.165) is 17.7 Å². The third-order valence-corrected chi connectivity index (χ3v) is 4.40. The van der Waals surface area contributed by atoms with Gasteiger partial charge in [-0.15, -0.1) is 0 Å². The van der Waals surface area contributed by atoms with Crippen LogP contribution in [0.15, 0.2) is 48.8 Å². The number of anilines is 1. The van der Waals surface area contributed by atoms with Crippen LogP contribution >= 0.6 is 0 Å². The molecule has 3 rings (SSSR count). The maximum Gasteiger partial charge on any atom is 0.322 e. The first-order valence-electron chi connectivity index (χ1n) is 9.58. The monoisotopic (exact) mass is 431 g/mol. The van der Waals surface area contributed by atoms with E-state index >= 15 is 0 Å². The number of aliphatic hydroxyl groups excluding tert-OH is 1. The van der Waals surface area contributed by atoms with Gasteiger partial charge in [0, 0.05) is 37.1 Å². The van der Waals surface area contributed by atoms with Crippen LogP contribution in [0.1, 0.15) is 5.56 Å². The molecule has 0 atom stereocenters. The highest BCUT2D eigenvalue weighted by atomic mass is 19.1. The van der Waals surface area contributed by atoms with E-state index in [1.165, 1.54) is 17.3 Å². The zero-order chi connectivity index (χ0) is 22.2. The van der Waals surface area contributed by atoms with Gasteiger partial charge in [-0.05, 0) is 29.8 Å². The third kappa shape index (κ3) is 5.77. The van der Waals surface area contributed by atoms with Crippen molar-refractivity contribution < 1.29 is 23.4 Å². The number of ether oxygens (including phenoxy) is 1. The van der Waals surface area contributed by atoms with Gasteiger partial charge in [0.25, 0.3) is 0 Å². The second-order valence-electron chi connectivity index (χ2n) is 6.66. The summed E-state index contributed by atoms with van der Waals surface area (Å²) in [5.41, 5.74) is 6.16. The summed E-state index contributed by atoms with van der Waals surface area (Å²) < 4.78 is 34.4. The van der Waals surface area contributed by atoms with Crippen molar-refractivity contribution in [3.8, 4) is 16.9 Å². The number of aromatic nitrogens is 2. The van der Waals surface area contributed by atoms with Crippen LogP contribution in [0.5, 0.6) is 5.75 Å². The van der Waals surface area contributed by atoms with Gasteiger partial charge in [-0.25, -0.2) is 13.6 Å². The summed E-state index contributed by atoms with van der Waals surface area (Å²) >= 11 is 0. The molecule has 31 heavy (non-hydrogen) atoms. The summed E-state index contributed by atoms with van der Waals surface area (Å²) in [6, 6.07) is 8.54. The normalized spacial score (nSPS) is 10.7. The minimum Gasteiger partial charge on any atom is -0.492 e. The molecule has 1 heterocycles. The number of nitrogens with one attached hydrogen (secondary N) is 2. The molecular formula is C21H23F2N5O3. The molecule has 0 radical (unpaired) electrons. The summed E-state index contributed by atoms with van der Waals surface area (Å²) in [5.74, 6) is -1.07. The van der Waals surface area contributed by atoms with Gasteiger partial charge in [0.2, 0.25) is 0 Å². The average molecular weight is 431 g/mol. The quantitative estimate of drug-likeness (QED) is 0.416. The maximum absolute atomic E-state index is 14.5. The molecule has 3 aromatic rings. The number of halogens is 2. The zero-order valence-corrected chi connectivity index (χ0v) is 16.6. The second kappa shape index (κ2) is 10.5. The molecule has 10 heteroatoms. The Morgan fingerprint density at radius 1 is 1.26 bits per heavy atom. The Bertz CT molecular complexity index is 991. The van der Waals surface area contributed by atoms with E-state index in [2.05, 4.69) is 15.5 Å². The van der Waals surface area contributed by atoms with Gasteiger partial charge in [-0.3, -0.25) is 5.10 Å². The highest BCUT2D eigenvalue weighted by Crippen LogP contribution is 2.28. The first-order chi connectivity index (χ1) is 15.0. The van der Waals surface area contributed by atoms with Crippen LogP contribution in [-0.2, 0) is 6.54 Å². The van der Waals surface area contributed by atoms with Crippen molar-refractivity contribution in [2.75, 3.05) is 31.6 Å². The van der Waals surface area contributed by atoms with Crippen LogP contribution in [0.4, 0.5) is 19.3 Å². The van der Waals surface area contributed by atoms with E-state index in [4.69, 9.17) is 10.5 Å². The Kier molecular flexibility index (Phi) is 7.52. The van der Waals surface area contributed by atoms with Gasteiger partial charge >= 0.3 is 6.03 Å². The topological polar surface area (TPSA) is 116 Å². The molecule has 0 saturated heterocycles. The van der Waals surface area contributed by atoms with Crippen molar-refractivity contribution >= 4 is 11.7 Å². The number of H-pyrrole nitrogens is 1. The predicted octanol–water partition coefficient (Wildman–Crippen LogP) is 2.72.